The SMILES string of the molecule is COC(=O)N1CCC[C@@H](Nc2ncc3nc(Nc4c(Cl)cc(F)cc4Cl)n([C@H]4CC[C@H](C(N)=O)CC4)c3n2)C1. The number of likely N-dealkylation sites (tertiary alicyclic amines) is 1. The van der Waals surface area contributed by atoms with E-state index in [-0.39, 0.29) is 40.0 Å². The average molecular weight is 579 g/mol. The molecule has 0 radical (unpaired) electrons. The van der Waals surface area contributed by atoms with Gasteiger partial charge in [0.05, 0.1) is 29.0 Å². The highest BCUT2D eigenvalue weighted by atomic mass is 35.5. The Morgan fingerprint density at radius 2 is 1.85 bits per heavy atom. The minimum absolute atomic E-state index is 0.0432. The van der Waals surface area contributed by atoms with Crippen molar-refractivity contribution in [3.05, 3.63) is 34.2 Å². The van der Waals surface area contributed by atoms with Crippen molar-refractivity contribution in [3.8, 4) is 0 Å². The number of halogens is 3. The fourth-order valence-corrected chi connectivity index (χ4v) is 5.91. The van der Waals surface area contributed by atoms with E-state index in [1.807, 2.05) is 4.57 Å². The molecule has 0 bridgehead atoms. The third-order valence-corrected chi connectivity index (χ3v) is 7.92. The average Bonchev–Trinajstić information content (AvgIpc) is 3.27. The van der Waals surface area contributed by atoms with Crippen molar-refractivity contribution >= 4 is 64.0 Å². The molecule has 1 aliphatic carbocycles. The topological polar surface area (TPSA) is 140 Å². The van der Waals surface area contributed by atoms with Crippen molar-refractivity contribution in [2.75, 3.05) is 30.8 Å². The molecule has 3 heterocycles. The summed E-state index contributed by atoms with van der Waals surface area (Å²) in [6.45, 7) is 1.11. The molecule has 208 valence electrons. The van der Waals surface area contributed by atoms with Crippen LogP contribution in [0.3, 0.4) is 0 Å². The van der Waals surface area contributed by atoms with E-state index in [9.17, 15) is 14.0 Å². The molecule has 1 aliphatic heterocycles. The number of fused-ring (bicyclic) bond motifs is 1. The molecular formula is C25H29Cl2FN8O3. The summed E-state index contributed by atoms with van der Waals surface area (Å²) >= 11 is 12.6. The smallest absolute Gasteiger partial charge is 0.409 e. The van der Waals surface area contributed by atoms with Crippen LogP contribution in [-0.2, 0) is 9.53 Å². The van der Waals surface area contributed by atoms with Gasteiger partial charge in [0.2, 0.25) is 17.8 Å². The Balaban J connectivity index is 1.48. The second-order valence-corrected chi connectivity index (χ2v) is 10.7. The summed E-state index contributed by atoms with van der Waals surface area (Å²) in [7, 11) is 1.37. The Morgan fingerprint density at radius 3 is 2.51 bits per heavy atom. The molecule has 1 aromatic carbocycles. The number of amides is 2. The molecule has 2 aliphatic rings. The lowest BCUT2D eigenvalue weighted by atomic mass is 9.85. The molecule has 14 heteroatoms. The first kappa shape index (κ1) is 27.2. The number of rotatable bonds is 6. The van der Waals surface area contributed by atoms with Gasteiger partial charge in [-0.25, -0.2) is 19.2 Å². The van der Waals surface area contributed by atoms with Crippen molar-refractivity contribution < 1.29 is 18.7 Å². The van der Waals surface area contributed by atoms with E-state index in [0.717, 1.165) is 12.8 Å². The number of imidazole rings is 1. The highest BCUT2D eigenvalue weighted by molar-refractivity contribution is 6.39. The van der Waals surface area contributed by atoms with Crippen molar-refractivity contribution in [2.24, 2.45) is 11.7 Å². The number of carbonyl (C=O) groups is 2. The number of anilines is 3. The van der Waals surface area contributed by atoms with Crippen LogP contribution in [0, 0.1) is 11.7 Å². The predicted octanol–water partition coefficient (Wildman–Crippen LogP) is 4.88. The molecule has 0 unspecified atom stereocenters. The number of hydrogen-bond acceptors (Lipinski definition) is 8. The molecule has 4 N–H and O–H groups in total. The quantitative estimate of drug-likeness (QED) is 0.376. The first-order valence-corrected chi connectivity index (χ1v) is 13.5. The van der Waals surface area contributed by atoms with Gasteiger partial charge in [0.1, 0.15) is 11.3 Å². The van der Waals surface area contributed by atoms with Crippen LogP contribution >= 0.6 is 23.2 Å². The minimum Gasteiger partial charge on any atom is -0.453 e. The van der Waals surface area contributed by atoms with Gasteiger partial charge in [0, 0.05) is 31.1 Å². The van der Waals surface area contributed by atoms with Crippen LogP contribution in [0.15, 0.2) is 18.3 Å². The Hall–Kier alpha value is -3.38. The Labute approximate surface area is 234 Å². The summed E-state index contributed by atoms with van der Waals surface area (Å²) in [6, 6.07) is 2.25. The first-order chi connectivity index (χ1) is 18.7. The maximum atomic E-state index is 13.8. The largest absolute Gasteiger partial charge is 0.453 e. The summed E-state index contributed by atoms with van der Waals surface area (Å²) in [5, 5.41) is 6.72. The van der Waals surface area contributed by atoms with E-state index < -0.39 is 5.82 Å². The number of carbonyl (C=O) groups excluding carboxylic acids is 2. The number of benzene rings is 1. The van der Waals surface area contributed by atoms with Gasteiger partial charge in [-0.15, -0.1) is 0 Å². The number of nitrogens with one attached hydrogen (secondary N) is 2. The number of hydrogen-bond donors (Lipinski definition) is 3. The van der Waals surface area contributed by atoms with E-state index >= 15 is 0 Å². The van der Waals surface area contributed by atoms with Crippen LogP contribution in [-0.4, -0.2) is 62.7 Å². The zero-order chi connectivity index (χ0) is 27.7. The van der Waals surface area contributed by atoms with Crippen LogP contribution in [0.1, 0.15) is 44.6 Å². The molecule has 2 fully saturated rings. The fourth-order valence-electron chi connectivity index (χ4n) is 5.36. The summed E-state index contributed by atoms with van der Waals surface area (Å²) in [5.74, 6) is -0.206. The number of piperidine rings is 1. The normalized spacial score (nSPS) is 21.5. The molecule has 1 atom stereocenters. The molecule has 3 aromatic rings. The third-order valence-electron chi connectivity index (χ3n) is 7.33. The van der Waals surface area contributed by atoms with Crippen LogP contribution in [0.25, 0.3) is 11.2 Å². The lowest BCUT2D eigenvalue weighted by molar-refractivity contribution is -0.122. The summed E-state index contributed by atoms with van der Waals surface area (Å²) < 4.78 is 20.6. The van der Waals surface area contributed by atoms with E-state index in [4.69, 9.17) is 43.6 Å². The summed E-state index contributed by atoms with van der Waals surface area (Å²) in [6.07, 6.45) is 5.57. The maximum Gasteiger partial charge on any atom is 0.409 e. The van der Waals surface area contributed by atoms with Crippen LogP contribution in [0.5, 0.6) is 0 Å². The number of nitrogens with two attached hydrogens (primary N) is 1. The van der Waals surface area contributed by atoms with Crippen LogP contribution in [0.2, 0.25) is 10.0 Å². The van der Waals surface area contributed by atoms with Crippen molar-refractivity contribution in [1.29, 1.82) is 0 Å². The van der Waals surface area contributed by atoms with E-state index in [0.29, 0.717) is 67.5 Å². The van der Waals surface area contributed by atoms with Crippen LogP contribution < -0.4 is 16.4 Å². The molecule has 5 rings (SSSR count). The van der Waals surface area contributed by atoms with Gasteiger partial charge in [0.25, 0.3) is 0 Å². The molecule has 1 saturated heterocycles. The van der Waals surface area contributed by atoms with Gasteiger partial charge in [0.15, 0.2) is 5.65 Å². The van der Waals surface area contributed by atoms with Gasteiger partial charge in [-0.1, -0.05) is 23.2 Å². The predicted molar refractivity (Wildman–Crippen MR) is 146 cm³/mol. The lowest BCUT2D eigenvalue weighted by Crippen LogP contribution is -2.45. The van der Waals surface area contributed by atoms with Gasteiger partial charge < -0.3 is 26.0 Å². The maximum absolute atomic E-state index is 13.8. The van der Waals surface area contributed by atoms with Crippen LogP contribution in [0.4, 0.5) is 26.8 Å². The first-order valence-electron chi connectivity index (χ1n) is 12.8. The van der Waals surface area contributed by atoms with Crippen molar-refractivity contribution in [2.45, 2.75) is 50.6 Å². The summed E-state index contributed by atoms with van der Waals surface area (Å²) in [5.41, 5.74) is 6.98. The van der Waals surface area contributed by atoms with Gasteiger partial charge >= 0.3 is 6.09 Å². The summed E-state index contributed by atoms with van der Waals surface area (Å²) in [4.78, 5) is 39.4. The Morgan fingerprint density at radius 1 is 1.13 bits per heavy atom. The van der Waals surface area contributed by atoms with Gasteiger partial charge in [-0.3, -0.25) is 9.36 Å². The van der Waals surface area contributed by atoms with E-state index in [2.05, 4.69) is 15.6 Å². The number of ether oxygens (including phenoxy) is 1. The Kier molecular flexibility index (Phi) is 7.94. The number of nitrogens with zero attached hydrogens (tertiary/aromatic N) is 5. The molecule has 0 spiro atoms. The molecule has 1 saturated carbocycles. The number of aromatic nitrogens is 4. The standard InChI is InChI=1S/C25H29Cl2FN8O3/c1-39-25(38)35-8-2-3-15(12-35)31-23-30-11-19-22(34-23)36(16-6-4-13(5-7-16)21(29)37)24(32-19)33-20-17(26)9-14(28)10-18(20)27/h9-11,13,15-16H,2-8,12H2,1H3,(H2,29,37)(H,32,33)(H,30,31,34)/t13-,15-,16-/m1/s1. The fraction of sp³-hybridized carbons (Fsp3) is 0.480. The van der Waals surface area contributed by atoms with E-state index in [1.165, 1.54) is 19.2 Å². The molecule has 2 amide bonds. The number of methoxy groups -OCH3 is 1. The van der Waals surface area contributed by atoms with Gasteiger partial charge in [-0.05, 0) is 50.7 Å². The monoisotopic (exact) mass is 578 g/mol. The highest BCUT2D eigenvalue weighted by Gasteiger charge is 2.30. The second kappa shape index (κ2) is 11.4. The Bertz CT molecular complexity index is 1370. The molecule has 39 heavy (non-hydrogen) atoms. The van der Waals surface area contributed by atoms with Gasteiger partial charge in [-0.2, -0.15) is 4.98 Å². The highest BCUT2D eigenvalue weighted by Crippen LogP contribution is 2.39. The molecule has 2 aromatic heterocycles. The molecular weight excluding hydrogens is 550 g/mol. The van der Waals surface area contributed by atoms with E-state index in [1.54, 1.807) is 11.1 Å². The second-order valence-electron chi connectivity index (χ2n) is 9.88. The molecule has 11 nitrogen and oxygen atoms in total. The zero-order valence-corrected chi connectivity index (χ0v) is 22.8. The lowest BCUT2D eigenvalue weighted by Gasteiger charge is -2.32. The minimum atomic E-state index is -0.552. The van der Waals surface area contributed by atoms with Crippen molar-refractivity contribution in [3.63, 3.8) is 0 Å². The van der Waals surface area contributed by atoms with Crippen molar-refractivity contribution in [1.82, 2.24) is 24.4 Å². The zero-order valence-electron chi connectivity index (χ0n) is 21.3. The number of primary amides is 1. The third kappa shape index (κ3) is 5.81.